The van der Waals surface area contributed by atoms with Gasteiger partial charge in [-0.2, -0.15) is 0 Å². The predicted octanol–water partition coefficient (Wildman–Crippen LogP) is 3.48. The second-order valence-electron chi connectivity index (χ2n) is 10.1. The Balaban J connectivity index is 1.28. The average Bonchev–Trinajstić information content (AvgIpc) is 3.14. The molecule has 35 heavy (non-hydrogen) atoms. The van der Waals surface area contributed by atoms with E-state index in [1.54, 1.807) is 0 Å². The van der Waals surface area contributed by atoms with Crippen molar-refractivity contribution in [3.8, 4) is 0 Å². The molecule has 3 N–H and O–H groups in total. The average molecular weight is 486 g/mol. The second kappa shape index (κ2) is 10.5. The van der Waals surface area contributed by atoms with Crippen LogP contribution in [0, 0.1) is 5.92 Å². The van der Waals surface area contributed by atoms with Crippen molar-refractivity contribution in [2.75, 3.05) is 37.1 Å². The van der Waals surface area contributed by atoms with E-state index in [0.29, 0.717) is 57.8 Å². The van der Waals surface area contributed by atoms with Gasteiger partial charge in [-0.3, -0.25) is 9.59 Å². The fraction of sp³-hybridized carbons (Fsp3) is 0.654. The molecule has 190 valence electrons. The lowest BCUT2D eigenvalue weighted by Crippen LogP contribution is -2.50. The molecule has 1 atom stereocenters. The van der Waals surface area contributed by atoms with Gasteiger partial charge in [0.25, 0.3) is 0 Å². The number of nitrogens with one attached hydrogen (secondary N) is 3. The third kappa shape index (κ3) is 5.16. The van der Waals surface area contributed by atoms with Gasteiger partial charge in [-0.15, -0.1) is 0 Å². The van der Waals surface area contributed by atoms with Crippen LogP contribution in [0.15, 0.2) is 18.2 Å². The molecule has 1 aromatic rings. The van der Waals surface area contributed by atoms with Crippen molar-refractivity contribution in [1.82, 2.24) is 5.32 Å². The Morgan fingerprint density at radius 1 is 1.00 bits per heavy atom. The maximum absolute atomic E-state index is 13.4. The Morgan fingerprint density at radius 2 is 1.71 bits per heavy atom. The molecule has 5 rings (SSSR count). The highest BCUT2D eigenvalue weighted by atomic mass is 16.6. The quantitative estimate of drug-likeness (QED) is 0.588. The van der Waals surface area contributed by atoms with E-state index in [-0.39, 0.29) is 23.8 Å². The van der Waals surface area contributed by atoms with Crippen molar-refractivity contribution < 1.29 is 28.6 Å². The summed E-state index contributed by atoms with van der Waals surface area (Å²) in [6.07, 6.45) is 6.92. The third-order valence-electron chi connectivity index (χ3n) is 7.95. The van der Waals surface area contributed by atoms with Gasteiger partial charge in [0.1, 0.15) is 12.1 Å². The summed E-state index contributed by atoms with van der Waals surface area (Å²) in [6, 6.07) is 4.91. The van der Waals surface area contributed by atoms with Crippen LogP contribution in [0.3, 0.4) is 0 Å². The Bertz CT molecular complexity index is 948. The lowest BCUT2D eigenvalue weighted by Gasteiger charge is -2.31. The highest BCUT2D eigenvalue weighted by Gasteiger charge is 2.47. The summed E-state index contributed by atoms with van der Waals surface area (Å²) < 4.78 is 16.4. The van der Waals surface area contributed by atoms with E-state index >= 15 is 0 Å². The van der Waals surface area contributed by atoms with Crippen LogP contribution in [0.4, 0.5) is 16.2 Å². The van der Waals surface area contributed by atoms with Gasteiger partial charge in [-0.1, -0.05) is 25.3 Å². The molecule has 9 nitrogen and oxygen atoms in total. The van der Waals surface area contributed by atoms with Crippen LogP contribution < -0.4 is 16.0 Å². The van der Waals surface area contributed by atoms with Crippen molar-refractivity contribution in [1.29, 1.82) is 0 Å². The number of fused-ring (bicyclic) bond motifs is 2. The normalized spacial score (nSPS) is 23.3. The fourth-order valence-corrected chi connectivity index (χ4v) is 5.91. The standard InChI is InChI=1S/C26H35N3O6/c30-23(22(17-4-2-1-3-5-17)29-25(32)35-19-8-12-33-13-9-19)27-18-6-7-20-21(16-18)28-24(31)26(20)10-14-34-15-11-26/h6-7,16-17,19,22H,1-5,8-15H2,(H,27,30)(H,28,31)(H,29,32)/t22-/m0/s1. The first-order valence-corrected chi connectivity index (χ1v) is 12.9. The highest BCUT2D eigenvalue weighted by Crippen LogP contribution is 2.45. The summed E-state index contributed by atoms with van der Waals surface area (Å²) in [4.78, 5) is 38.9. The van der Waals surface area contributed by atoms with E-state index < -0.39 is 17.6 Å². The molecule has 3 aliphatic heterocycles. The zero-order valence-corrected chi connectivity index (χ0v) is 20.1. The van der Waals surface area contributed by atoms with E-state index in [1.165, 1.54) is 0 Å². The van der Waals surface area contributed by atoms with E-state index in [0.717, 1.165) is 43.4 Å². The molecule has 3 amide bonds. The van der Waals surface area contributed by atoms with Crippen LogP contribution in [0.2, 0.25) is 0 Å². The predicted molar refractivity (Wildman–Crippen MR) is 129 cm³/mol. The molecule has 1 spiro atoms. The topological polar surface area (TPSA) is 115 Å². The summed E-state index contributed by atoms with van der Waals surface area (Å²) in [6.45, 7) is 2.27. The number of carbonyl (C=O) groups is 3. The number of amides is 3. The van der Waals surface area contributed by atoms with E-state index in [9.17, 15) is 14.4 Å². The van der Waals surface area contributed by atoms with Gasteiger partial charge in [0.2, 0.25) is 11.8 Å². The summed E-state index contributed by atoms with van der Waals surface area (Å²) in [5, 5.41) is 8.84. The Morgan fingerprint density at radius 3 is 2.46 bits per heavy atom. The molecule has 1 aromatic carbocycles. The first-order chi connectivity index (χ1) is 17.0. The second-order valence-corrected chi connectivity index (χ2v) is 10.1. The summed E-state index contributed by atoms with van der Waals surface area (Å²) in [7, 11) is 0. The molecule has 3 heterocycles. The van der Waals surface area contributed by atoms with Crippen molar-refractivity contribution >= 4 is 29.3 Å². The molecule has 1 aliphatic carbocycles. The first kappa shape index (κ1) is 24.1. The van der Waals surface area contributed by atoms with E-state index in [2.05, 4.69) is 16.0 Å². The van der Waals surface area contributed by atoms with Gasteiger partial charge in [0, 0.05) is 37.4 Å². The molecule has 3 fully saturated rings. The number of benzene rings is 1. The van der Waals surface area contributed by atoms with Gasteiger partial charge < -0.3 is 30.2 Å². The first-order valence-electron chi connectivity index (χ1n) is 12.9. The summed E-state index contributed by atoms with van der Waals surface area (Å²) in [5.74, 6) is -0.201. The van der Waals surface area contributed by atoms with Crippen LogP contribution >= 0.6 is 0 Å². The molecule has 0 bridgehead atoms. The lowest BCUT2D eigenvalue weighted by atomic mass is 9.75. The van der Waals surface area contributed by atoms with Crippen LogP contribution in [0.1, 0.15) is 63.4 Å². The molecule has 1 saturated carbocycles. The van der Waals surface area contributed by atoms with Crippen LogP contribution in [0.25, 0.3) is 0 Å². The number of hydrogen-bond donors (Lipinski definition) is 3. The molecule has 0 radical (unpaired) electrons. The molecule has 0 unspecified atom stereocenters. The lowest BCUT2D eigenvalue weighted by molar-refractivity contribution is -0.124. The molecule has 4 aliphatic rings. The third-order valence-corrected chi connectivity index (χ3v) is 7.95. The summed E-state index contributed by atoms with van der Waals surface area (Å²) >= 11 is 0. The number of carbonyl (C=O) groups excluding carboxylic acids is 3. The van der Waals surface area contributed by atoms with Gasteiger partial charge in [-0.25, -0.2) is 4.79 Å². The van der Waals surface area contributed by atoms with Crippen molar-refractivity contribution in [3.63, 3.8) is 0 Å². The minimum atomic E-state index is -0.674. The largest absolute Gasteiger partial charge is 0.446 e. The minimum Gasteiger partial charge on any atom is -0.446 e. The van der Waals surface area contributed by atoms with E-state index in [1.807, 2.05) is 18.2 Å². The molecule has 2 saturated heterocycles. The Labute approximate surface area is 205 Å². The zero-order chi connectivity index (χ0) is 24.3. The Hall–Kier alpha value is -2.65. The molecule has 0 aromatic heterocycles. The van der Waals surface area contributed by atoms with Crippen molar-refractivity contribution in [2.24, 2.45) is 5.92 Å². The monoisotopic (exact) mass is 485 g/mol. The van der Waals surface area contributed by atoms with Crippen LogP contribution in [-0.2, 0) is 29.2 Å². The maximum Gasteiger partial charge on any atom is 0.408 e. The number of rotatable bonds is 5. The van der Waals surface area contributed by atoms with Crippen molar-refractivity contribution in [2.45, 2.75) is 75.3 Å². The van der Waals surface area contributed by atoms with Gasteiger partial charge >= 0.3 is 6.09 Å². The Kier molecular flexibility index (Phi) is 7.24. The molecule has 9 heteroatoms. The highest BCUT2D eigenvalue weighted by molar-refractivity contribution is 6.07. The van der Waals surface area contributed by atoms with E-state index in [4.69, 9.17) is 14.2 Å². The number of alkyl carbamates (subject to hydrolysis) is 1. The van der Waals surface area contributed by atoms with Gasteiger partial charge in [-0.05, 0) is 49.3 Å². The number of anilines is 2. The smallest absolute Gasteiger partial charge is 0.408 e. The maximum atomic E-state index is 13.4. The molecular formula is C26H35N3O6. The van der Waals surface area contributed by atoms with Gasteiger partial charge in [0.05, 0.1) is 18.6 Å². The number of hydrogen-bond acceptors (Lipinski definition) is 6. The fourth-order valence-electron chi connectivity index (χ4n) is 5.91. The zero-order valence-electron chi connectivity index (χ0n) is 20.1. The van der Waals surface area contributed by atoms with Crippen molar-refractivity contribution in [3.05, 3.63) is 23.8 Å². The van der Waals surface area contributed by atoms with Gasteiger partial charge in [0.15, 0.2) is 0 Å². The number of ether oxygens (including phenoxy) is 3. The SMILES string of the molecule is O=C(N[C@H](C(=O)Nc1ccc2c(c1)NC(=O)C21CCOCC1)C1CCCCC1)OC1CCOCC1. The summed E-state index contributed by atoms with van der Waals surface area (Å²) in [5.41, 5.74) is 1.75. The van der Waals surface area contributed by atoms with Crippen LogP contribution in [-0.4, -0.2) is 56.5 Å². The molecular weight excluding hydrogens is 450 g/mol. The minimum absolute atomic E-state index is 0.00289. The van der Waals surface area contributed by atoms with Crippen LogP contribution in [0.5, 0.6) is 0 Å².